The first-order valence-electron chi connectivity index (χ1n) is 13.6. The van der Waals surface area contributed by atoms with Crippen LogP contribution < -0.4 is 4.90 Å². The molecule has 0 radical (unpaired) electrons. The van der Waals surface area contributed by atoms with Gasteiger partial charge in [0.2, 0.25) is 5.91 Å². The SMILES string of the molecule is CCCOC(=O)ON1CCN(c2ccc(C3(C(=O)N4CCC5(C4)OC(=O)c4ccccc45)CC3)c(F)c2)CC1. The Morgan fingerprint density at radius 2 is 1.77 bits per heavy atom. The van der Waals surface area contributed by atoms with Gasteiger partial charge in [-0.25, -0.2) is 14.0 Å². The van der Waals surface area contributed by atoms with Gasteiger partial charge < -0.3 is 24.1 Å². The van der Waals surface area contributed by atoms with Gasteiger partial charge in [-0.2, -0.15) is 0 Å². The van der Waals surface area contributed by atoms with Crippen LogP contribution in [0.4, 0.5) is 14.9 Å². The van der Waals surface area contributed by atoms with Gasteiger partial charge in [0, 0.05) is 42.9 Å². The Morgan fingerprint density at radius 1 is 1.00 bits per heavy atom. The molecule has 2 saturated heterocycles. The highest BCUT2D eigenvalue weighted by Crippen LogP contribution is 2.53. The van der Waals surface area contributed by atoms with Crippen molar-refractivity contribution in [2.24, 2.45) is 0 Å². The van der Waals surface area contributed by atoms with Gasteiger partial charge in [0.05, 0.1) is 37.2 Å². The predicted molar refractivity (Wildman–Crippen MR) is 139 cm³/mol. The number of hydrogen-bond acceptors (Lipinski definition) is 8. The van der Waals surface area contributed by atoms with Crippen LogP contribution in [0.3, 0.4) is 0 Å². The fourth-order valence-corrected chi connectivity index (χ4v) is 6.07. The number of hydrogen-bond donors (Lipinski definition) is 0. The lowest BCUT2D eigenvalue weighted by atomic mass is 9.91. The van der Waals surface area contributed by atoms with Crippen molar-refractivity contribution >= 4 is 23.7 Å². The topological polar surface area (TPSA) is 88.6 Å². The number of hydroxylamine groups is 2. The number of rotatable bonds is 6. The molecular weight excluding hydrogens is 505 g/mol. The highest BCUT2D eigenvalue weighted by atomic mass is 19.1. The van der Waals surface area contributed by atoms with Crippen LogP contribution >= 0.6 is 0 Å². The summed E-state index contributed by atoms with van der Waals surface area (Å²) < 4.78 is 26.3. The maximum absolute atomic E-state index is 15.5. The smallest absolute Gasteiger partial charge is 0.449 e. The van der Waals surface area contributed by atoms with Gasteiger partial charge in [-0.15, -0.1) is 5.06 Å². The number of anilines is 1. The van der Waals surface area contributed by atoms with Crippen molar-refractivity contribution < 1.29 is 33.1 Å². The van der Waals surface area contributed by atoms with E-state index in [9.17, 15) is 14.4 Å². The van der Waals surface area contributed by atoms with Crippen LogP contribution in [0.25, 0.3) is 0 Å². The summed E-state index contributed by atoms with van der Waals surface area (Å²) in [5.74, 6) is -0.856. The highest BCUT2D eigenvalue weighted by Gasteiger charge is 2.58. The van der Waals surface area contributed by atoms with Crippen LogP contribution in [0.15, 0.2) is 42.5 Å². The minimum atomic E-state index is -0.873. The summed E-state index contributed by atoms with van der Waals surface area (Å²) in [4.78, 5) is 46.8. The van der Waals surface area contributed by atoms with Crippen molar-refractivity contribution in [2.75, 3.05) is 50.8 Å². The molecule has 0 bridgehead atoms. The number of benzene rings is 2. The number of nitrogens with zero attached hydrogens (tertiary/aromatic N) is 3. The minimum Gasteiger partial charge on any atom is -0.449 e. The molecule has 0 N–H and O–H groups in total. The standard InChI is InChI=1S/C29H32FN3O6/c1-2-17-37-27(36)39-33-15-13-31(14-16-33)20-7-8-23(24(30)18-20)28(9-10-28)26(35)32-12-11-29(19-32)22-6-4-3-5-21(22)25(34)38-29/h3-8,18H,2,9-17,19H2,1H3. The molecule has 1 unspecified atom stereocenters. The van der Waals surface area contributed by atoms with Crippen LogP contribution in [-0.4, -0.2) is 73.9 Å². The van der Waals surface area contributed by atoms with Crippen LogP contribution in [0, 0.1) is 5.82 Å². The van der Waals surface area contributed by atoms with Crippen molar-refractivity contribution in [3.8, 4) is 0 Å². The molecule has 1 spiro atoms. The lowest BCUT2D eigenvalue weighted by Gasteiger charge is -2.34. The van der Waals surface area contributed by atoms with E-state index in [1.807, 2.05) is 30.0 Å². The zero-order valence-corrected chi connectivity index (χ0v) is 22.0. The number of fused-ring (bicyclic) bond motifs is 2. The average molecular weight is 538 g/mol. The Labute approximate surface area is 226 Å². The molecule has 206 valence electrons. The molecule has 4 aliphatic rings. The van der Waals surface area contributed by atoms with Gasteiger partial charge in [-0.1, -0.05) is 31.2 Å². The Balaban J connectivity index is 1.11. The molecule has 10 heteroatoms. The van der Waals surface area contributed by atoms with Gasteiger partial charge in [0.1, 0.15) is 5.82 Å². The molecule has 2 aromatic rings. The first-order valence-corrected chi connectivity index (χ1v) is 13.6. The molecule has 1 atom stereocenters. The summed E-state index contributed by atoms with van der Waals surface area (Å²) in [5.41, 5.74) is 0.832. The maximum Gasteiger partial charge on any atom is 0.527 e. The van der Waals surface area contributed by atoms with Crippen molar-refractivity contribution in [1.29, 1.82) is 0 Å². The van der Waals surface area contributed by atoms with E-state index in [-0.39, 0.29) is 18.4 Å². The molecule has 3 heterocycles. The summed E-state index contributed by atoms with van der Waals surface area (Å²) in [5, 5.41) is 1.56. The number of amides is 1. The lowest BCUT2D eigenvalue weighted by molar-refractivity contribution is -0.134. The fourth-order valence-electron chi connectivity index (χ4n) is 6.07. The summed E-state index contributed by atoms with van der Waals surface area (Å²) in [7, 11) is 0. The zero-order chi connectivity index (χ0) is 27.2. The number of halogens is 1. The van der Waals surface area contributed by atoms with Gasteiger partial charge in [-0.3, -0.25) is 4.79 Å². The minimum absolute atomic E-state index is 0.104. The van der Waals surface area contributed by atoms with Gasteiger partial charge >= 0.3 is 12.1 Å². The first-order chi connectivity index (χ1) is 18.8. The second kappa shape index (κ2) is 9.82. The number of esters is 1. The van der Waals surface area contributed by atoms with Crippen molar-refractivity contribution in [3.05, 3.63) is 65.0 Å². The van der Waals surface area contributed by atoms with Gasteiger partial charge in [0.15, 0.2) is 5.60 Å². The Kier molecular flexibility index (Phi) is 6.45. The Morgan fingerprint density at radius 3 is 2.49 bits per heavy atom. The summed E-state index contributed by atoms with van der Waals surface area (Å²) in [6, 6.07) is 12.4. The quantitative estimate of drug-likeness (QED) is 0.515. The molecule has 39 heavy (non-hydrogen) atoms. The molecule has 0 aromatic heterocycles. The fraction of sp³-hybridized carbons (Fsp3) is 0.483. The number of carbonyl (C=O) groups is 3. The van der Waals surface area contributed by atoms with Crippen LogP contribution in [-0.2, 0) is 30.1 Å². The van der Waals surface area contributed by atoms with E-state index in [1.165, 1.54) is 6.07 Å². The Hall–Kier alpha value is -3.66. The third-order valence-electron chi connectivity index (χ3n) is 8.30. The van der Waals surface area contributed by atoms with Gasteiger partial charge in [0.25, 0.3) is 0 Å². The van der Waals surface area contributed by atoms with E-state index >= 15 is 4.39 Å². The second-order valence-corrected chi connectivity index (χ2v) is 10.8. The molecule has 1 amide bonds. The van der Waals surface area contributed by atoms with Crippen molar-refractivity contribution in [1.82, 2.24) is 9.96 Å². The molecule has 6 rings (SSSR count). The average Bonchev–Trinajstić information content (AvgIpc) is 3.56. The molecule has 3 aliphatic heterocycles. The van der Waals surface area contributed by atoms with Crippen LogP contribution in [0.1, 0.15) is 54.1 Å². The van der Waals surface area contributed by atoms with E-state index in [4.69, 9.17) is 14.3 Å². The Bertz CT molecular complexity index is 1310. The molecule has 3 fully saturated rings. The third-order valence-corrected chi connectivity index (χ3v) is 8.30. The molecule has 9 nitrogen and oxygen atoms in total. The van der Waals surface area contributed by atoms with E-state index in [2.05, 4.69) is 0 Å². The maximum atomic E-state index is 15.5. The largest absolute Gasteiger partial charge is 0.527 e. The van der Waals surface area contributed by atoms with Crippen molar-refractivity contribution in [3.63, 3.8) is 0 Å². The molecule has 1 saturated carbocycles. The summed E-state index contributed by atoms with van der Waals surface area (Å²) >= 11 is 0. The van der Waals surface area contributed by atoms with Gasteiger partial charge in [-0.05, 0) is 37.5 Å². The lowest BCUT2D eigenvalue weighted by Crippen LogP contribution is -2.47. The highest BCUT2D eigenvalue weighted by molar-refractivity contribution is 5.96. The van der Waals surface area contributed by atoms with E-state index < -0.39 is 23.0 Å². The van der Waals surface area contributed by atoms with E-state index in [0.29, 0.717) is 69.7 Å². The monoisotopic (exact) mass is 537 g/mol. The van der Waals surface area contributed by atoms with Crippen LogP contribution in [0.5, 0.6) is 0 Å². The van der Waals surface area contributed by atoms with Crippen molar-refractivity contribution in [2.45, 2.75) is 43.6 Å². The predicted octanol–water partition coefficient (Wildman–Crippen LogP) is 3.76. The number of likely N-dealkylation sites (tertiary alicyclic amines) is 1. The van der Waals surface area contributed by atoms with E-state index in [0.717, 1.165) is 17.7 Å². The first kappa shape index (κ1) is 25.6. The van der Waals surface area contributed by atoms with Crippen LogP contribution in [0.2, 0.25) is 0 Å². The molecule has 2 aromatic carbocycles. The normalized spacial score (nSPS) is 23.5. The summed E-state index contributed by atoms with van der Waals surface area (Å²) in [6.45, 7) is 5.02. The summed E-state index contributed by atoms with van der Waals surface area (Å²) in [6.07, 6.45) is 1.72. The molecular formula is C29H32FN3O6. The zero-order valence-electron chi connectivity index (χ0n) is 22.0. The number of piperazine rings is 1. The third kappa shape index (κ3) is 4.50. The van der Waals surface area contributed by atoms with E-state index in [1.54, 1.807) is 28.2 Å². The molecule has 1 aliphatic carbocycles. The number of ether oxygens (including phenoxy) is 2. The number of carbonyl (C=O) groups excluding carboxylic acids is 3. The second-order valence-electron chi connectivity index (χ2n) is 10.8.